The van der Waals surface area contributed by atoms with Gasteiger partial charge in [-0.15, -0.1) is 0 Å². The van der Waals surface area contributed by atoms with Crippen LogP contribution in [0, 0.1) is 0 Å². The average Bonchev–Trinajstić information content (AvgIpc) is 2.61. The molecule has 0 saturated heterocycles. The Morgan fingerprint density at radius 1 is 0.750 bits per heavy atom. The van der Waals surface area contributed by atoms with Gasteiger partial charge in [0.05, 0.1) is 13.2 Å². The Morgan fingerprint density at radius 3 is 1.71 bits per heavy atom. The number of hydrogen-bond donors (Lipinski definition) is 3. The Kier molecular flexibility index (Phi) is 20.3. The Labute approximate surface area is 150 Å². The van der Waals surface area contributed by atoms with E-state index in [1.807, 2.05) is 6.08 Å². The van der Waals surface area contributed by atoms with Gasteiger partial charge in [0, 0.05) is 12.6 Å². The van der Waals surface area contributed by atoms with Crippen LogP contribution in [0.1, 0.15) is 96.8 Å². The first-order valence-electron chi connectivity index (χ1n) is 10.5. The Bertz CT molecular complexity index is 256. The molecule has 3 N–H and O–H groups in total. The second-order valence-corrected chi connectivity index (χ2v) is 6.93. The van der Waals surface area contributed by atoms with Crippen molar-refractivity contribution in [3.05, 3.63) is 12.2 Å². The van der Waals surface area contributed by atoms with Crippen LogP contribution in [0.2, 0.25) is 0 Å². The maximum absolute atomic E-state index is 9.17. The monoisotopic (exact) mass is 341 g/mol. The summed E-state index contributed by atoms with van der Waals surface area (Å²) < 4.78 is 0. The van der Waals surface area contributed by atoms with Crippen molar-refractivity contribution in [1.29, 1.82) is 0 Å². The first kappa shape index (κ1) is 23.6. The van der Waals surface area contributed by atoms with Gasteiger partial charge in [-0.25, -0.2) is 0 Å². The van der Waals surface area contributed by atoms with Gasteiger partial charge in [0.1, 0.15) is 0 Å². The first-order chi connectivity index (χ1) is 11.8. The molecule has 0 fully saturated rings. The molecule has 0 bridgehead atoms. The minimum Gasteiger partial charge on any atom is -0.395 e. The summed E-state index contributed by atoms with van der Waals surface area (Å²) in [5.74, 6) is 0. The van der Waals surface area contributed by atoms with Crippen LogP contribution in [0.3, 0.4) is 0 Å². The third-order valence-electron chi connectivity index (χ3n) is 4.56. The fourth-order valence-corrected chi connectivity index (χ4v) is 2.98. The minimum absolute atomic E-state index is 0.0147. The van der Waals surface area contributed by atoms with Gasteiger partial charge in [0.15, 0.2) is 0 Å². The summed E-state index contributed by atoms with van der Waals surface area (Å²) in [6, 6.07) is -0.0147. The molecule has 0 aliphatic heterocycles. The Hall–Kier alpha value is -0.380. The lowest BCUT2D eigenvalue weighted by molar-refractivity contribution is 0.244. The molecule has 0 aromatic rings. The molecule has 3 heteroatoms. The normalized spacial score (nSPS) is 13.0. The third-order valence-corrected chi connectivity index (χ3v) is 4.56. The van der Waals surface area contributed by atoms with Crippen molar-refractivity contribution >= 4 is 0 Å². The lowest BCUT2D eigenvalue weighted by atomic mass is 10.0. The summed E-state index contributed by atoms with van der Waals surface area (Å²) in [6.07, 6.45) is 23.3. The predicted octanol–water partition coefficient (Wildman–Crippen LogP) is 4.97. The van der Waals surface area contributed by atoms with Gasteiger partial charge in [0.2, 0.25) is 0 Å². The maximum Gasteiger partial charge on any atom is 0.0620 e. The van der Waals surface area contributed by atoms with Crippen molar-refractivity contribution in [3.63, 3.8) is 0 Å². The topological polar surface area (TPSA) is 52.5 Å². The average molecular weight is 342 g/mol. The molecular formula is C21H43NO2. The molecule has 0 rings (SSSR count). The maximum atomic E-state index is 9.17. The molecule has 0 spiro atoms. The second-order valence-electron chi connectivity index (χ2n) is 6.93. The van der Waals surface area contributed by atoms with E-state index in [4.69, 9.17) is 5.11 Å². The van der Waals surface area contributed by atoms with Crippen molar-refractivity contribution in [2.24, 2.45) is 0 Å². The Balaban J connectivity index is 3.22. The van der Waals surface area contributed by atoms with Gasteiger partial charge < -0.3 is 15.5 Å². The third kappa shape index (κ3) is 18.0. The molecule has 0 amide bonds. The number of rotatable bonds is 19. The van der Waals surface area contributed by atoms with Crippen LogP contribution in [0.25, 0.3) is 0 Å². The predicted molar refractivity (Wildman–Crippen MR) is 105 cm³/mol. The number of unbranched alkanes of at least 4 members (excludes halogenated alkanes) is 13. The number of hydrogen-bond acceptors (Lipinski definition) is 3. The standard InChI is InChI=1S/C21H43NO2/c1-2-3-4-5-6-7-8-9-10-11-12-13-14-15-16-17-21(20-24)22-18-19-23/h16-17,21-24H,2-15,18-20H2,1H3/b17-16+. The van der Waals surface area contributed by atoms with Crippen molar-refractivity contribution < 1.29 is 10.2 Å². The quantitative estimate of drug-likeness (QED) is 0.230. The van der Waals surface area contributed by atoms with Crippen LogP contribution in [0.4, 0.5) is 0 Å². The lowest BCUT2D eigenvalue weighted by Crippen LogP contribution is -2.32. The molecule has 0 aromatic heterocycles. The Morgan fingerprint density at radius 2 is 1.25 bits per heavy atom. The van der Waals surface area contributed by atoms with Gasteiger partial charge >= 0.3 is 0 Å². The van der Waals surface area contributed by atoms with E-state index in [-0.39, 0.29) is 19.3 Å². The van der Waals surface area contributed by atoms with E-state index >= 15 is 0 Å². The van der Waals surface area contributed by atoms with Crippen molar-refractivity contribution in [2.45, 2.75) is 103 Å². The molecule has 3 nitrogen and oxygen atoms in total. The molecule has 144 valence electrons. The molecule has 1 unspecified atom stereocenters. The summed E-state index contributed by atoms with van der Waals surface area (Å²) in [4.78, 5) is 0. The molecule has 0 saturated carbocycles. The zero-order chi connectivity index (χ0) is 17.7. The van der Waals surface area contributed by atoms with E-state index in [1.54, 1.807) is 0 Å². The summed E-state index contributed by atoms with van der Waals surface area (Å²) >= 11 is 0. The summed E-state index contributed by atoms with van der Waals surface area (Å²) in [6.45, 7) is 3.02. The first-order valence-corrected chi connectivity index (χ1v) is 10.5. The van der Waals surface area contributed by atoms with Crippen LogP contribution in [0.5, 0.6) is 0 Å². The van der Waals surface area contributed by atoms with E-state index in [0.29, 0.717) is 6.54 Å². The zero-order valence-corrected chi connectivity index (χ0v) is 16.1. The molecule has 0 aliphatic carbocycles. The number of allylic oxidation sites excluding steroid dienone is 1. The molecule has 0 heterocycles. The van der Waals surface area contributed by atoms with E-state index in [0.717, 1.165) is 6.42 Å². The van der Waals surface area contributed by atoms with Crippen LogP contribution in [-0.4, -0.2) is 36.0 Å². The molecule has 1 atom stereocenters. The summed E-state index contributed by atoms with van der Waals surface area (Å²) in [5, 5.41) is 21.0. The largest absolute Gasteiger partial charge is 0.395 e. The van der Waals surface area contributed by atoms with Crippen molar-refractivity contribution in [1.82, 2.24) is 5.32 Å². The number of nitrogens with one attached hydrogen (secondary N) is 1. The van der Waals surface area contributed by atoms with Gasteiger partial charge in [-0.1, -0.05) is 96.1 Å². The lowest BCUT2D eigenvalue weighted by Gasteiger charge is -2.10. The van der Waals surface area contributed by atoms with Crippen LogP contribution < -0.4 is 5.32 Å². The zero-order valence-electron chi connectivity index (χ0n) is 16.1. The molecule has 24 heavy (non-hydrogen) atoms. The molecule has 0 radical (unpaired) electrons. The molecule has 0 aliphatic rings. The summed E-state index contributed by atoms with van der Waals surface area (Å²) in [5.41, 5.74) is 0. The second kappa shape index (κ2) is 20.7. The van der Waals surface area contributed by atoms with Gasteiger partial charge in [-0.05, 0) is 12.8 Å². The van der Waals surface area contributed by atoms with Crippen LogP contribution >= 0.6 is 0 Å². The highest BCUT2D eigenvalue weighted by Crippen LogP contribution is 2.13. The van der Waals surface area contributed by atoms with Crippen molar-refractivity contribution in [3.8, 4) is 0 Å². The highest BCUT2D eigenvalue weighted by Gasteiger charge is 1.99. The van der Waals surface area contributed by atoms with Crippen LogP contribution in [0.15, 0.2) is 12.2 Å². The van der Waals surface area contributed by atoms with E-state index in [9.17, 15) is 5.11 Å². The number of aliphatic hydroxyl groups excluding tert-OH is 2. The number of aliphatic hydroxyl groups is 2. The smallest absolute Gasteiger partial charge is 0.0620 e. The van der Waals surface area contributed by atoms with Gasteiger partial charge in [-0.3, -0.25) is 0 Å². The van der Waals surface area contributed by atoms with E-state index in [1.165, 1.54) is 83.5 Å². The minimum atomic E-state index is -0.0147. The van der Waals surface area contributed by atoms with E-state index < -0.39 is 0 Å². The highest BCUT2D eigenvalue weighted by molar-refractivity contribution is 4.92. The van der Waals surface area contributed by atoms with Gasteiger partial charge in [0.25, 0.3) is 0 Å². The fourth-order valence-electron chi connectivity index (χ4n) is 2.98. The SMILES string of the molecule is CCCCCCCCCCCCCCC/C=C/C(CO)NCCO. The highest BCUT2D eigenvalue weighted by atomic mass is 16.3. The fraction of sp³-hybridized carbons (Fsp3) is 0.905. The molecule has 0 aromatic carbocycles. The van der Waals surface area contributed by atoms with Crippen molar-refractivity contribution in [2.75, 3.05) is 19.8 Å². The van der Waals surface area contributed by atoms with E-state index in [2.05, 4.69) is 18.3 Å². The molecular weight excluding hydrogens is 298 g/mol. The van der Waals surface area contributed by atoms with Crippen LogP contribution in [-0.2, 0) is 0 Å². The van der Waals surface area contributed by atoms with Gasteiger partial charge in [-0.2, -0.15) is 0 Å². The summed E-state index contributed by atoms with van der Waals surface area (Å²) in [7, 11) is 0.